The summed E-state index contributed by atoms with van der Waals surface area (Å²) in [4.78, 5) is 7.61. The van der Waals surface area contributed by atoms with Gasteiger partial charge < -0.3 is 9.09 Å². The Bertz CT molecular complexity index is 790. The Morgan fingerprint density at radius 3 is 2.83 bits per heavy atom. The highest BCUT2D eigenvalue weighted by Crippen LogP contribution is 2.36. The molecule has 0 fully saturated rings. The molecule has 0 N–H and O–H groups in total. The monoisotopic (exact) mass is 342 g/mol. The average Bonchev–Trinajstić information content (AvgIpc) is 3.18. The summed E-state index contributed by atoms with van der Waals surface area (Å²) >= 11 is 0.621. The van der Waals surface area contributed by atoms with Gasteiger partial charge in [0, 0.05) is 36.3 Å². The summed E-state index contributed by atoms with van der Waals surface area (Å²) in [5.74, 6) is 1.53. The second kappa shape index (κ2) is 6.15. The summed E-state index contributed by atoms with van der Waals surface area (Å²) in [5.41, 5.74) is 0.322. The fourth-order valence-electron chi connectivity index (χ4n) is 2.12. The molecule has 0 atom stereocenters. The van der Waals surface area contributed by atoms with E-state index in [2.05, 4.69) is 15.1 Å². The number of aromatic nitrogens is 4. The van der Waals surface area contributed by atoms with Crippen molar-refractivity contribution in [1.29, 1.82) is 0 Å². The van der Waals surface area contributed by atoms with Gasteiger partial charge in [0.15, 0.2) is 0 Å². The van der Waals surface area contributed by atoms with Crippen LogP contribution in [0.5, 0.6) is 0 Å². The minimum absolute atomic E-state index is 0.186. The van der Waals surface area contributed by atoms with Crippen LogP contribution in [0.4, 0.5) is 13.2 Å². The molecule has 0 saturated carbocycles. The van der Waals surface area contributed by atoms with Crippen LogP contribution in [0.25, 0.3) is 11.4 Å². The number of hydrogen-bond donors (Lipinski definition) is 0. The van der Waals surface area contributed by atoms with Crippen molar-refractivity contribution in [2.75, 3.05) is 0 Å². The summed E-state index contributed by atoms with van der Waals surface area (Å²) < 4.78 is 44.9. The highest BCUT2D eigenvalue weighted by molar-refractivity contribution is 7.10. The van der Waals surface area contributed by atoms with E-state index in [1.165, 1.54) is 5.38 Å². The first-order valence-electron chi connectivity index (χ1n) is 6.90. The summed E-state index contributed by atoms with van der Waals surface area (Å²) in [6, 6.07) is 1.04. The van der Waals surface area contributed by atoms with Crippen LogP contribution in [-0.4, -0.2) is 19.7 Å². The molecule has 0 aliphatic heterocycles. The van der Waals surface area contributed by atoms with E-state index in [1.807, 2.05) is 17.7 Å². The first kappa shape index (κ1) is 15.7. The number of rotatable bonds is 5. The predicted octanol–water partition coefficient (Wildman–Crippen LogP) is 3.95. The van der Waals surface area contributed by atoms with E-state index in [0.717, 1.165) is 24.9 Å². The fourth-order valence-corrected chi connectivity index (χ4v) is 2.87. The largest absolute Gasteiger partial charge is 0.425 e. The van der Waals surface area contributed by atoms with Gasteiger partial charge >= 0.3 is 6.18 Å². The van der Waals surface area contributed by atoms with Crippen molar-refractivity contribution in [3.63, 3.8) is 0 Å². The minimum atomic E-state index is -4.35. The van der Waals surface area contributed by atoms with E-state index >= 15 is 0 Å². The second-order valence-corrected chi connectivity index (χ2v) is 5.89. The van der Waals surface area contributed by atoms with Gasteiger partial charge in [0.1, 0.15) is 10.7 Å². The van der Waals surface area contributed by atoms with E-state index in [0.29, 0.717) is 29.2 Å². The van der Waals surface area contributed by atoms with Gasteiger partial charge in [-0.2, -0.15) is 18.2 Å². The molecular formula is C14H13F3N4OS. The third-order valence-electron chi connectivity index (χ3n) is 3.32. The maximum Gasteiger partial charge on any atom is 0.425 e. The van der Waals surface area contributed by atoms with Crippen molar-refractivity contribution in [3.8, 4) is 11.4 Å². The van der Waals surface area contributed by atoms with Crippen molar-refractivity contribution >= 4 is 11.3 Å². The Hall–Kier alpha value is -2.16. The molecule has 0 aliphatic carbocycles. The van der Waals surface area contributed by atoms with Gasteiger partial charge in [-0.05, 0) is 19.4 Å². The highest BCUT2D eigenvalue weighted by Gasteiger charge is 2.32. The van der Waals surface area contributed by atoms with E-state index in [9.17, 15) is 13.2 Å². The Labute approximate surface area is 133 Å². The SMILES string of the molecule is Cc1nccn1CCCc1nc(-c2csc(C(F)(F)F)c2)no1. The van der Waals surface area contributed by atoms with Crippen LogP contribution >= 0.6 is 11.3 Å². The molecule has 122 valence electrons. The van der Waals surface area contributed by atoms with Gasteiger partial charge in [-0.15, -0.1) is 11.3 Å². The Kier molecular flexibility index (Phi) is 4.20. The standard InChI is InChI=1S/C14H13F3N4OS/c1-9-18-4-6-21(9)5-2-3-12-19-13(20-22-12)10-7-11(23-8-10)14(15,16)17/h4,6-8H,2-3,5H2,1H3. The molecule has 0 radical (unpaired) electrons. The highest BCUT2D eigenvalue weighted by atomic mass is 32.1. The number of aryl methyl sites for hydroxylation is 3. The lowest BCUT2D eigenvalue weighted by molar-refractivity contribution is -0.134. The van der Waals surface area contributed by atoms with Crippen LogP contribution in [-0.2, 0) is 19.1 Å². The Morgan fingerprint density at radius 2 is 2.17 bits per heavy atom. The Morgan fingerprint density at radius 1 is 1.35 bits per heavy atom. The molecule has 3 aromatic rings. The molecule has 0 saturated heterocycles. The van der Waals surface area contributed by atoms with Crippen LogP contribution < -0.4 is 0 Å². The van der Waals surface area contributed by atoms with E-state index in [4.69, 9.17) is 4.52 Å². The van der Waals surface area contributed by atoms with Crippen molar-refractivity contribution in [3.05, 3.63) is 40.4 Å². The van der Waals surface area contributed by atoms with E-state index in [1.54, 1.807) is 6.20 Å². The molecule has 9 heteroatoms. The average molecular weight is 342 g/mol. The quantitative estimate of drug-likeness (QED) is 0.704. The smallest absolute Gasteiger partial charge is 0.339 e. The van der Waals surface area contributed by atoms with E-state index in [-0.39, 0.29) is 5.82 Å². The van der Waals surface area contributed by atoms with Crippen molar-refractivity contribution in [1.82, 2.24) is 19.7 Å². The molecule has 23 heavy (non-hydrogen) atoms. The van der Waals surface area contributed by atoms with Crippen molar-refractivity contribution in [2.45, 2.75) is 32.5 Å². The summed E-state index contributed by atoms with van der Waals surface area (Å²) in [7, 11) is 0. The molecule has 0 amide bonds. The van der Waals surface area contributed by atoms with Crippen molar-refractivity contribution < 1.29 is 17.7 Å². The third kappa shape index (κ3) is 3.61. The zero-order valence-corrected chi connectivity index (χ0v) is 13.0. The summed E-state index contributed by atoms with van der Waals surface area (Å²) in [5, 5.41) is 5.13. The normalized spacial score (nSPS) is 12.0. The summed E-state index contributed by atoms with van der Waals surface area (Å²) in [6.07, 6.45) is 0.600. The number of alkyl halides is 3. The molecule has 0 aromatic carbocycles. The zero-order chi connectivity index (χ0) is 16.4. The molecule has 3 rings (SSSR count). The summed E-state index contributed by atoms with van der Waals surface area (Å²) in [6.45, 7) is 2.68. The molecule has 0 bridgehead atoms. The van der Waals surface area contributed by atoms with Gasteiger partial charge in [0.05, 0.1) is 0 Å². The van der Waals surface area contributed by atoms with Crippen molar-refractivity contribution in [2.24, 2.45) is 0 Å². The zero-order valence-electron chi connectivity index (χ0n) is 12.2. The third-order valence-corrected chi connectivity index (χ3v) is 4.29. The molecule has 3 aromatic heterocycles. The minimum Gasteiger partial charge on any atom is -0.339 e. The van der Waals surface area contributed by atoms with Gasteiger partial charge in [-0.3, -0.25) is 0 Å². The van der Waals surface area contributed by atoms with Gasteiger partial charge in [-0.1, -0.05) is 5.16 Å². The number of thiophene rings is 1. The van der Waals surface area contributed by atoms with Crippen LogP contribution in [0.3, 0.4) is 0 Å². The topological polar surface area (TPSA) is 56.7 Å². The van der Waals surface area contributed by atoms with Crippen LogP contribution in [0.2, 0.25) is 0 Å². The number of halogens is 3. The lowest BCUT2D eigenvalue weighted by atomic mass is 10.3. The lowest BCUT2D eigenvalue weighted by Crippen LogP contribution is -2.01. The lowest BCUT2D eigenvalue weighted by Gasteiger charge is -2.02. The maximum absolute atomic E-state index is 12.6. The molecule has 5 nitrogen and oxygen atoms in total. The van der Waals surface area contributed by atoms with Crippen LogP contribution in [0, 0.1) is 6.92 Å². The fraction of sp³-hybridized carbons (Fsp3) is 0.357. The number of hydrogen-bond acceptors (Lipinski definition) is 5. The molecule has 3 heterocycles. The van der Waals surface area contributed by atoms with Crippen LogP contribution in [0.1, 0.15) is 23.0 Å². The first-order valence-corrected chi connectivity index (χ1v) is 7.78. The van der Waals surface area contributed by atoms with Gasteiger partial charge in [-0.25, -0.2) is 4.98 Å². The van der Waals surface area contributed by atoms with E-state index < -0.39 is 11.1 Å². The number of imidazole rings is 1. The number of nitrogens with zero attached hydrogens (tertiary/aromatic N) is 4. The van der Waals surface area contributed by atoms with Crippen LogP contribution in [0.15, 0.2) is 28.4 Å². The van der Waals surface area contributed by atoms with Gasteiger partial charge in [0.2, 0.25) is 11.7 Å². The molecule has 0 spiro atoms. The molecule has 0 aliphatic rings. The molecular weight excluding hydrogens is 329 g/mol. The molecule has 0 unspecified atom stereocenters. The predicted molar refractivity (Wildman–Crippen MR) is 77.9 cm³/mol. The Balaban J connectivity index is 1.62. The maximum atomic E-state index is 12.6. The first-order chi connectivity index (χ1) is 10.9. The second-order valence-electron chi connectivity index (χ2n) is 4.98. The van der Waals surface area contributed by atoms with Gasteiger partial charge in [0.25, 0.3) is 0 Å².